The van der Waals surface area contributed by atoms with Crippen molar-refractivity contribution in [1.29, 1.82) is 0 Å². The summed E-state index contributed by atoms with van der Waals surface area (Å²) in [6.07, 6.45) is -16.2. The second kappa shape index (κ2) is 19.5. The van der Waals surface area contributed by atoms with Crippen LogP contribution in [0.2, 0.25) is 0 Å². The van der Waals surface area contributed by atoms with E-state index in [-0.39, 0.29) is 34.1 Å². The zero-order valence-electron chi connectivity index (χ0n) is 40.1. The first kappa shape index (κ1) is 51.9. The Bertz CT molecular complexity index is 1910. The quantitative estimate of drug-likeness (QED) is 0.0531. The number of hydrogen-bond acceptors (Lipinski definition) is 22. The van der Waals surface area contributed by atoms with Crippen LogP contribution in [-0.4, -0.2) is 225 Å². The van der Waals surface area contributed by atoms with Crippen molar-refractivity contribution in [3.05, 3.63) is 11.6 Å². The van der Waals surface area contributed by atoms with Crippen LogP contribution in [0.25, 0.3) is 0 Å². The molecular weight excluding hydrogens is 929 g/mol. The Labute approximate surface area is 405 Å². The van der Waals surface area contributed by atoms with E-state index in [2.05, 4.69) is 13.8 Å². The second-order valence-corrected chi connectivity index (χ2v) is 22.3. The van der Waals surface area contributed by atoms with Crippen molar-refractivity contribution in [1.82, 2.24) is 0 Å². The van der Waals surface area contributed by atoms with Gasteiger partial charge in [0.1, 0.15) is 97.2 Å². The van der Waals surface area contributed by atoms with Gasteiger partial charge in [-0.15, -0.1) is 0 Å². The highest BCUT2D eigenvalue weighted by atomic mass is 16.8. The summed E-state index contributed by atoms with van der Waals surface area (Å²) < 4.78 is 66.0. The Hall–Kier alpha value is -1.59. The molecule has 6 aliphatic heterocycles. The molecule has 0 bridgehead atoms. The molecule has 10 rings (SSSR count). The van der Waals surface area contributed by atoms with Crippen LogP contribution in [0, 0.1) is 28.6 Å². The molecule has 0 unspecified atom stereocenters. The van der Waals surface area contributed by atoms with Gasteiger partial charge in [0.05, 0.1) is 38.1 Å². The fourth-order valence-electron chi connectivity index (χ4n) is 14.9. The summed E-state index contributed by atoms with van der Waals surface area (Å²) in [6.45, 7) is 5.18. The molecule has 70 heavy (non-hydrogen) atoms. The number of cyclic esters (lactones) is 1. The summed E-state index contributed by atoms with van der Waals surface area (Å²) in [4.78, 5) is 12.0. The molecule has 0 aromatic rings. The Morgan fingerprint density at radius 3 is 1.90 bits per heavy atom. The van der Waals surface area contributed by atoms with Crippen LogP contribution in [0.5, 0.6) is 0 Å². The molecule has 9 fully saturated rings. The van der Waals surface area contributed by atoms with Gasteiger partial charge in [-0.1, -0.05) is 13.8 Å². The molecule has 4 saturated carbocycles. The minimum absolute atomic E-state index is 0.0129. The zero-order chi connectivity index (χ0) is 49.8. The Morgan fingerprint density at radius 1 is 0.671 bits per heavy atom. The molecule has 27 atom stereocenters. The predicted octanol–water partition coefficient (Wildman–Crippen LogP) is -2.23. The van der Waals surface area contributed by atoms with Crippen LogP contribution in [0.4, 0.5) is 0 Å². The lowest BCUT2D eigenvalue weighted by molar-refractivity contribution is -0.357. The first-order valence-electron chi connectivity index (χ1n) is 25.3. The monoisotopic (exact) mass is 1000 g/mol. The molecule has 6 heterocycles. The van der Waals surface area contributed by atoms with E-state index in [0.717, 1.165) is 63.4 Å². The van der Waals surface area contributed by atoms with Crippen LogP contribution in [-0.2, 0) is 56.9 Å². The largest absolute Gasteiger partial charge is 0.458 e. The number of hydrogen-bond donors (Lipinski definition) is 10. The maximum atomic E-state index is 12.0. The minimum Gasteiger partial charge on any atom is -0.458 e. The first-order chi connectivity index (χ1) is 33.3. The number of rotatable bonds is 13. The van der Waals surface area contributed by atoms with E-state index >= 15 is 0 Å². The minimum atomic E-state index is -1.84. The topological polar surface area (TPSA) is 324 Å². The molecule has 5 saturated heterocycles. The van der Waals surface area contributed by atoms with Crippen molar-refractivity contribution in [3.63, 3.8) is 0 Å². The van der Waals surface area contributed by atoms with Gasteiger partial charge in [-0.25, -0.2) is 4.79 Å². The molecule has 10 N–H and O–H groups in total. The number of fused-ring (bicyclic) bond motifs is 2. The maximum Gasteiger partial charge on any atom is 0.331 e. The van der Waals surface area contributed by atoms with Gasteiger partial charge in [-0.3, -0.25) is 0 Å². The highest BCUT2D eigenvalue weighted by molar-refractivity contribution is 5.85. The summed E-state index contributed by atoms with van der Waals surface area (Å²) in [5.41, 5.74) is 0.951. The van der Waals surface area contributed by atoms with Gasteiger partial charge in [0.15, 0.2) is 25.2 Å². The predicted molar refractivity (Wildman–Crippen MR) is 232 cm³/mol. The first-order valence-corrected chi connectivity index (χ1v) is 25.3. The van der Waals surface area contributed by atoms with E-state index in [0.29, 0.717) is 30.8 Å². The lowest BCUT2D eigenvalue weighted by Gasteiger charge is -2.58. The molecule has 398 valence electrons. The molecule has 22 nitrogen and oxygen atoms in total. The number of aliphatic hydroxyl groups excluding tert-OH is 10. The van der Waals surface area contributed by atoms with Crippen LogP contribution >= 0.6 is 0 Å². The van der Waals surface area contributed by atoms with Gasteiger partial charge in [0.2, 0.25) is 0 Å². The highest BCUT2D eigenvalue weighted by Gasteiger charge is 2.86. The molecule has 0 amide bonds. The SMILES string of the molecule is CO[C@@H]1C[C@H](O[C@H]2CC[C@@]3(C)[C@H](CC[C@@]45O[C@@]46CC[C@H](C4=CC(=O)OC4)[C@@]6(C)CC[C@H]35)C2)O[C@H](C)[C@@H]1O[C@@H]1O[C@H](CO[C@@H]2O[C@H](CO[C@@H]3O[C@H](CO)[C@@H](O)[C@H](O)[C@H]3O)[C@@H](O)[C@H](O)[C@H]2O)[C@@H](O)[C@H](O)[C@H]1O. The number of methoxy groups -OCH3 is 1. The fourth-order valence-corrected chi connectivity index (χ4v) is 14.9. The third kappa shape index (κ3) is 8.45. The average Bonchev–Trinajstić information content (AvgIpc) is 3.66. The number of esters is 1. The average molecular weight is 1000 g/mol. The number of epoxide rings is 1. The van der Waals surface area contributed by atoms with Crippen LogP contribution in [0.15, 0.2) is 11.6 Å². The molecule has 2 spiro atoms. The van der Waals surface area contributed by atoms with Crippen molar-refractivity contribution < 1.29 is 108 Å². The van der Waals surface area contributed by atoms with Crippen LogP contribution in [0.3, 0.4) is 0 Å². The molecular formula is C48H74O22. The van der Waals surface area contributed by atoms with Crippen molar-refractivity contribution in [2.24, 2.45) is 28.6 Å². The number of ether oxygens (including phenoxy) is 11. The van der Waals surface area contributed by atoms with Crippen molar-refractivity contribution in [2.75, 3.05) is 33.5 Å². The maximum absolute atomic E-state index is 12.0. The highest BCUT2D eigenvalue weighted by Crippen LogP contribution is 2.81. The molecule has 22 heteroatoms. The van der Waals surface area contributed by atoms with Gasteiger partial charge in [-0.05, 0) is 93.5 Å². The van der Waals surface area contributed by atoms with Gasteiger partial charge in [-0.2, -0.15) is 0 Å². The van der Waals surface area contributed by atoms with Crippen molar-refractivity contribution in [3.8, 4) is 0 Å². The van der Waals surface area contributed by atoms with Crippen LogP contribution < -0.4 is 0 Å². The Morgan fingerprint density at radius 2 is 1.29 bits per heavy atom. The van der Waals surface area contributed by atoms with Crippen LogP contribution in [0.1, 0.15) is 85.0 Å². The van der Waals surface area contributed by atoms with Gasteiger partial charge >= 0.3 is 5.97 Å². The Kier molecular flexibility index (Phi) is 14.5. The van der Waals surface area contributed by atoms with Gasteiger partial charge in [0, 0.05) is 25.0 Å². The van der Waals surface area contributed by atoms with E-state index in [9.17, 15) is 55.9 Å². The number of carbonyl (C=O) groups is 1. The third-order valence-corrected chi connectivity index (χ3v) is 18.9. The van der Waals surface area contributed by atoms with E-state index < -0.39 is 137 Å². The summed E-state index contributed by atoms with van der Waals surface area (Å²) >= 11 is 0. The lowest BCUT2D eigenvalue weighted by Crippen LogP contribution is -2.63. The smallest absolute Gasteiger partial charge is 0.331 e. The van der Waals surface area contributed by atoms with E-state index in [1.807, 2.05) is 0 Å². The van der Waals surface area contributed by atoms with Gasteiger partial charge in [0.25, 0.3) is 0 Å². The standard InChI is InChI=1S/C48H74O22/c1-20-41(69-44-40(59)37(56)34(53)28(68-44)19-63-43-39(58)36(55)33(52)27(67-43)18-62-42-38(57)35(54)32(51)26(16-49)66-42)25(60-4)15-31(64-20)65-23-6-9-45(2)22(14-23)5-11-47-29(45)8-10-46(3)24(7-12-48(46,47)70-47)21-13-30(50)61-17-21/h13,20,22-29,31-44,49,51-59H,5-12,14-19H2,1-4H3/t20-,22-,23+,24-,25-,26-,27-,28-,29-,31+,32-,33-,34-,35+,36+,37+,38-,39-,40-,41+,42-,43-,44+,45+,46-,47+,48-/m1/s1. The van der Waals surface area contributed by atoms with E-state index in [1.54, 1.807) is 13.0 Å². The molecule has 0 aromatic carbocycles. The van der Waals surface area contributed by atoms with Gasteiger partial charge < -0.3 is 103 Å². The second-order valence-electron chi connectivity index (χ2n) is 22.3. The van der Waals surface area contributed by atoms with Crippen molar-refractivity contribution in [2.45, 2.75) is 219 Å². The lowest BCUT2D eigenvalue weighted by atomic mass is 9.44. The molecule has 0 radical (unpaired) electrons. The Balaban J connectivity index is 0.720. The summed E-state index contributed by atoms with van der Waals surface area (Å²) in [5, 5.41) is 105. The van der Waals surface area contributed by atoms with Crippen molar-refractivity contribution >= 4 is 5.97 Å². The third-order valence-electron chi connectivity index (χ3n) is 18.9. The molecule has 0 aromatic heterocycles. The van der Waals surface area contributed by atoms with E-state index in [4.69, 9.17) is 52.1 Å². The summed E-state index contributed by atoms with van der Waals surface area (Å²) in [7, 11) is 1.53. The summed E-state index contributed by atoms with van der Waals surface area (Å²) in [6, 6.07) is 0. The van der Waals surface area contributed by atoms with E-state index in [1.165, 1.54) is 7.11 Å². The normalized spacial score (nSPS) is 55.4. The molecule has 10 aliphatic rings. The molecule has 4 aliphatic carbocycles. The number of carbonyl (C=O) groups excluding carboxylic acids is 1. The zero-order valence-corrected chi connectivity index (χ0v) is 40.1. The number of aliphatic hydroxyl groups is 10. The summed E-state index contributed by atoms with van der Waals surface area (Å²) in [5.74, 6) is 0.981. The fraction of sp³-hybridized carbons (Fsp3) is 0.938.